The van der Waals surface area contributed by atoms with Crippen LogP contribution in [0.5, 0.6) is 0 Å². The Labute approximate surface area is 132 Å². The third kappa shape index (κ3) is 4.14. The van der Waals surface area contributed by atoms with E-state index < -0.39 is 13.2 Å². The average Bonchev–Trinajstić information content (AvgIpc) is 2.53. The van der Waals surface area contributed by atoms with Gasteiger partial charge in [-0.1, -0.05) is 58.4 Å². The maximum atomic E-state index is 12.8. The smallest absolute Gasteiger partial charge is 0.256 e. The summed E-state index contributed by atoms with van der Waals surface area (Å²) in [5.74, 6) is 0.269. The lowest BCUT2D eigenvalue weighted by Crippen LogP contribution is -1.99. The fourth-order valence-corrected chi connectivity index (χ4v) is 3.56. The molecule has 0 heterocycles. The second kappa shape index (κ2) is 7.19. The molecule has 0 aliphatic heterocycles. The molecule has 1 N–H and O–H groups in total. The summed E-state index contributed by atoms with van der Waals surface area (Å²) in [5.41, 5.74) is 1.46. The molecule has 0 saturated carbocycles. The van der Waals surface area contributed by atoms with Gasteiger partial charge in [-0.3, -0.25) is 4.57 Å². The molecule has 0 aromatic heterocycles. The van der Waals surface area contributed by atoms with E-state index in [9.17, 15) is 9.67 Å². The highest BCUT2D eigenvalue weighted by Crippen LogP contribution is 2.59. The molecule has 0 bridgehead atoms. The van der Waals surface area contributed by atoms with E-state index in [4.69, 9.17) is 4.52 Å². The summed E-state index contributed by atoms with van der Waals surface area (Å²) in [7, 11) is -1.99. The van der Waals surface area contributed by atoms with Crippen molar-refractivity contribution in [1.29, 1.82) is 0 Å². The number of benzene rings is 2. The Morgan fingerprint density at radius 3 is 2.33 bits per heavy atom. The molecular weight excluding hydrogens is 351 g/mol. The van der Waals surface area contributed by atoms with Gasteiger partial charge in [-0.15, -0.1) is 0 Å². The molecule has 0 amide bonds. The zero-order chi connectivity index (χ0) is 15.3. The molecule has 110 valence electrons. The summed E-state index contributed by atoms with van der Waals surface area (Å²) < 4.78 is 18.8. The minimum atomic E-state index is -3.33. The summed E-state index contributed by atoms with van der Waals surface area (Å²) in [6.45, 7) is 0. The maximum Gasteiger partial charge on any atom is 0.256 e. The van der Waals surface area contributed by atoms with Gasteiger partial charge >= 0.3 is 0 Å². The molecule has 0 unspecified atom stereocenters. The Bertz CT molecular complexity index is 653. The van der Waals surface area contributed by atoms with Gasteiger partial charge in [-0.05, 0) is 29.3 Å². The molecule has 5 heteroatoms. The molecule has 21 heavy (non-hydrogen) atoms. The highest BCUT2D eigenvalue weighted by atomic mass is 79.9. The topological polar surface area (TPSA) is 46.5 Å². The van der Waals surface area contributed by atoms with Crippen LogP contribution in [0.1, 0.15) is 17.0 Å². The van der Waals surface area contributed by atoms with Crippen LogP contribution in [0.3, 0.4) is 0 Å². The van der Waals surface area contributed by atoms with Crippen LogP contribution in [-0.4, -0.2) is 12.2 Å². The van der Waals surface area contributed by atoms with E-state index >= 15 is 0 Å². The first-order valence-corrected chi connectivity index (χ1v) is 8.94. The second-order valence-electron chi connectivity index (χ2n) is 4.48. The molecule has 2 rings (SSSR count). The van der Waals surface area contributed by atoms with Gasteiger partial charge in [0.2, 0.25) is 0 Å². The zero-order valence-corrected chi connectivity index (χ0v) is 14.0. The lowest BCUT2D eigenvalue weighted by Gasteiger charge is -2.19. The number of aliphatic hydroxyl groups is 1. The zero-order valence-electron chi connectivity index (χ0n) is 11.5. The second-order valence-corrected chi connectivity index (χ2v) is 7.84. The van der Waals surface area contributed by atoms with Crippen molar-refractivity contribution in [2.75, 3.05) is 7.11 Å². The molecule has 3 nitrogen and oxygen atoms in total. The van der Waals surface area contributed by atoms with E-state index in [2.05, 4.69) is 15.9 Å². The molecule has 0 radical (unpaired) electrons. The van der Waals surface area contributed by atoms with Crippen LogP contribution < -0.4 is 0 Å². The van der Waals surface area contributed by atoms with E-state index in [1.54, 1.807) is 30.3 Å². The molecule has 2 aromatic carbocycles. The predicted molar refractivity (Wildman–Crippen MR) is 89.2 cm³/mol. The normalized spacial score (nSPS) is 15.8. The third-order valence-electron chi connectivity index (χ3n) is 3.07. The van der Waals surface area contributed by atoms with Crippen LogP contribution in [0, 0.1) is 0 Å². The average molecular weight is 367 g/mol. The standard InChI is InChI=1S/C16H16BrO3P/c1-20-21(19,12-11-13-5-3-2-4-6-13)16(18)14-7-9-15(17)10-8-14/h2-12,16,18H,1H3/b12-11+/t16-,21-/m0/s1. The van der Waals surface area contributed by atoms with Crippen molar-refractivity contribution in [2.45, 2.75) is 5.85 Å². The Hall–Kier alpha value is -1.19. The number of rotatable bonds is 5. The van der Waals surface area contributed by atoms with Crippen LogP contribution in [-0.2, 0) is 9.09 Å². The lowest BCUT2D eigenvalue weighted by atomic mass is 10.2. The van der Waals surface area contributed by atoms with Crippen molar-refractivity contribution in [3.8, 4) is 0 Å². The van der Waals surface area contributed by atoms with Gasteiger partial charge in [-0.2, -0.15) is 0 Å². The van der Waals surface area contributed by atoms with Gasteiger partial charge in [0.05, 0.1) is 0 Å². The van der Waals surface area contributed by atoms with Crippen molar-refractivity contribution < 1.29 is 14.2 Å². The van der Waals surface area contributed by atoms with E-state index in [1.165, 1.54) is 12.9 Å². The fraction of sp³-hybridized carbons (Fsp3) is 0.125. The summed E-state index contributed by atoms with van der Waals surface area (Å²) in [5, 5.41) is 10.4. The Morgan fingerprint density at radius 1 is 1.14 bits per heavy atom. The quantitative estimate of drug-likeness (QED) is 0.754. The van der Waals surface area contributed by atoms with Crippen molar-refractivity contribution in [1.82, 2.24) is 0 Å². The van der Waals surface area contributed by atoms with E-state index in [1.807, 2.05) is 30.3 Å². The Morgan fingerprint density at radius 2 is 1.76 bits per heavy atom. The number of hydrogen-bond acceptors (Lipinski definition) is 3. The van der Waals surface area contributed by atoms with Crippen molar-refractivity contribution >= 4 is 29.4 Å². The molecule has 0 spiro atoms. The van der Waals surface area contributed by atoms with Gasteiger partial charge in [0.15, 0.2) is 5.85 Å². The number of aliphatic hydroxyl groups excluding tert-OH is 1. The first-order valence-electron chi connectivity index (χ1n) is 6.38. The molecule has 2 atom stereocenters. The summed E-state index contributed by atoms with van der Waals surface area (Å²) in [4.78, 5) is 0. The van der Waals surface area contributed by atoms with Gasteiger partial charge in [0.25, 0.3) is 7.37 Å². The van der Waals surface area contributed by atoms with Crippen LogP contribution in [0.15, 0.2) is 64.9 Å². The molecule has 0 aliphatic carbocycles. The largest absolute Gasteiger partial charge is 0.378 e. The van der Waals surface area contributed by atoms with Crippen molar-refractivity contribution in [2.24, 2.45) is 0 Å². The summed E-state index contributed by atoms with van der Waals surface area (Å²) >= 11 is 3.33. The maximum absolute atomic E-state index is 12.8. The van der Waals surface area contributed by atoms with Gasteiger partial charge in [-0.25, -0.2) is 0 Å². The van der Waals surface area contributed by atoms with Crippen molar-refractivity contribution in [3.05, 3.63) is 76.0 Å². The third-order valence-corrected chi connectivity index (χ3v) is 5.71. The van der Waals surface area contributed by atoms with Crippen molar-refractivity contribution in [3.63, 3.8) is 0 Å². The first-order chi connectivity index (χ1) is 10.0. The highest BCUT2D eigenvalue weighted by molar-refractivity contribution is 9.10. The number of hydrogen-bond donors (Lipinski definition) is 1. The Balaban J connectivity index is 2.26. The summed E-state index contributed by atoms with van der Waals surface area (Å²) in [6, 6.07) is 16.5. The molecule has 0 aliphatic rings. The van der Waals surface area contributed by atoms with Gasteiger partial charge < -0.3 is 9.63 Å². The van der Waals surface area contributed by atoms with Crippen LogP contribution in [0.4, 0.5) is 0 Å². The molecule has 0 saturated heterocycles. The fourth-order valence-electron chi connectivity index (χ4n) is 1.84. The molecule has 2 aromatic rings. The van der Waals surface area contributed by atoms with Crippen LogP contribution in [0.25, 0.3) is 6.08 Å². The van der Waals surface area contributed by atoms with Gasteiger partial charge in [0, 0.05) is 17.4 Å². The lowest BCUT2D eigenvalue weighted by molar-refractivity contribution is 0.228. The summed E-state index contributed by atoms with van der Waals surface area (Å²) in [6.07, 6.45) is 1.70. The minimum absolute atomic E-state index is 0.557. The van der Waals surface area contributed by atoms with E-state index in [0.29, 0.717) is 5.56 Å². The highest BCUT2D eigenvalue weighted by Gasteiger charge is 2.30. The Kier molecular flexibility index (Phi) is 5.54. The molecular formula is C16H16BrO3P. The van der Waals surface area contributed by atoms with E-state index in [0.717, 1.165) is 10.0 Å². The monoisotopic (exact) mass is 366 g/mol. The predicted octanol–water partition coefficient (Wildman–Crippen LogP) is 5.04. The van der Waals surface area contributed by atoms with Crippen LogP contribution >= 0.6 is 23.3 Å². The SMILES string of the molecule is CO[P@@](=O)(/C=C/c1ccccc1)[C@H](O)c1ccc(Br)cc1. The minimum Gasteiger partial charge on any atom is -0.378 e. The van der Waals surface area contributed by atoms with E-state index in [-0.39, 0.29) is 0 Å². The first kappa shape index (κ1) is 16.2. The molecule has 0 fully saturated rings. The number of halogens is 1. The van der Waals surface area contributed by atoms with Gasteiger partial charge in [0.1, 0.15) is 0 Å². The van der Waals surface area contributed by atoms with Crippen LogP contribution in [0.2, 0.25) is 0 Å².